The van der Waals surface area contributed by atoms with E-state index in [1.807, 2.05) is 59.5 Å². The monoisotopic (exact) mass is 636 g/mol. The lowest BCUT2D eigenvalue weighted by atomic mass is 9.93. The summed E-state index contributed by atoms with van der Waals surface area (Å²) in [5, 5.41) is 5.80. The number of aliphatic imine (C=N–C) groups is 1. The van der Waals surface area contributed by atoms with Gasteiger partial charge in [0.05, 0.1) is 6.04 Å². The van der Waals surface area contributed by atoms with Crippen LogP contribution in [0.15, 0.2) is 193 Å². The molecule has 0 bridgehead atoms. The third-order valence-corrected chi connectivity index (χ3v) is 11.5. The van der Waals surface area contributed by atoms with E-state index in [9.17, 15) is 0 Å². The van der Waals surface area contributed by atoms with Crippen LogP contribution in [-0.4, -0.2) is 16.6 Å². The summed E-state index contributed by atoms with van der Waals surface area (Å²) in [4.78, 5) is 22.6. The molecule has 0 radical (unpaired) electrons. The standard InChI is InChI=1S/C44H33N2OP/c47-44(36-30-29-32-17-13-14-22-35(32)31-36)46-42(34-20-7-2-8-21-34)41(33-18-5-1-6-19-33)45-43(46)39-27-15-16-28-40(39)48(37-23-9-3-10-24-37)38-25-11-4-12-26-38/h1-31,41-42H/t41-,42-/m0/s1. The highest BCUT2D eigenvalue weighted by molar-refractivity contribution is 7.80. The average Bonchev–Trinajstić information content (AvgIpc) is 3.57. The Kier molecular flexibility index (Phi) is 8.20. The number of benzene rings is 7. The first kappa shape index (κ1) is 29.8. The summed E-state index contributed by atoms with van der Waals surface area (Å²) >= 11 is 0. The van der Waals surface area contributed by atoms with Gasteiger partial charge in [-0.15, -0.1) is 0 Å². The fourth-order valence-electron chi connectivity index (χ4n) is 6.75. The molecule has 0 saturated heterocycles. The Morgan fingerprint density at radius 1 is 0.521 bits per heavy atom. The zero-order valence-electron chi connectivity index (χ0n) is 26.3. The molecule has 8 rings (SSSR count). The van der Waals surface area contributed by atoms with Crippen LogP contribution in [0.5, 0.6) is 0 Å². The van der Waals surface area contributed by atoms with Gasteiger partial charge in [-0.2, -0.15) is 0 Å². The SMILES string of the molecule is O=C(c1ccc2ccccc2c1)N1C(c2ccccc2P(c2ccccc2)c2ccccc2)=N[C@@H](c2ccccc2)[C@@H]1c1ccccc1. The number of amidine groups is 1. The predicted molar refractivity (Wildman–Crippen MR) is 200 cm³/mol. The lowest BCUT2D eigenvalue weighted by Crippen LogP contribution is -2.40. The lowest BCUT2D eigenvalue weighted by molar-refractivity contribution is 0.0805. The third kappa shape index (κ3) is 5.64. The van der Waals surface area contributed by atoms with Crippen molar-refractivity contribution in [2.24, 2.45) is 4.99 Å². The fourth-order valence-corrected chi connectivity index (χ4v) is 9.19. The molecule has 1 aliphatic rings. The van der Waals surface area contributed by atoms with Crippen LogP contribution in [0.2, 0.25) is 0 Å². The van der Waals surface area contributed by atoms with Crippen LogP contribution < -0.4 is 15.9 Å². The number of carbonyl (C=O) groups excluding carboxylic acids is 1. The van der Waals surface area contributed by atoms with E-state index in [1.54, 1.807) is 0 Å². The number of nitrogens with zero attached hydrogens (tertiary/aromatic N) is 2. The van der Waals surface area contributed by atoms with Gasteiger partial charge >= 0.3 is 0 Å². The van der Waals surface area contributed by atoms with Crippen LogP contribution in [0.3, 0.4) is 0 Å². The minimum atomic E-state index is -0.955. The molecule has 0 unspecified atom stereocenters. The summed E-state index contributed by atoms with van der Waals surface area (Å²) in [6.45, 7) is 0. The first-order chi connectivity index (χ1) is 23.8. The van der Waals surface area contributed by atoms with Gasteiger partial charge in [0, 0.05) is 11.1 Å². The topological polar surface area (TPSA) is 32.7 Å². The first-order valence-electron chi connectivity index (χ1n) is 16.3. The predicted octanol–water partition coefficient (Wildman–Crippen LogP) is 8.98. The summed E-state index contributed by atoms with van der Waals surface area (Å²) in [6.07, 6.45) is 0. The van der Waals surface area contributed by atoms with E-state index in [4.69, 9.17) is 4.99 Å². The molecule has 0 aliphatic carbocycles. The number of carbonyl (C=O) groups is 1. The smallest absolute Gasteiger partial charge is 0.260 e. The number of rotatable bonds is 7. The minimum Gasteiger partial charge on any atom is -0.282 e. The van der Waals surface area contributed by atoms with Crippen LogP contribution >= 0.6 is 7.92 Å². The molecule has 1 amide bonds. The van der Waals surface area contributed by atoms with E-state index < -0.39 is 7.92 Å². The molecule has 1 aliphatic heterocycles. The van der Waals surface area contributed by atoms with Gasteiger partial charge in [0.2, 0.25) is 0 Å². The lowest BCUT2D eigenvalue weighted by Gasteiger charge is -2.31. The molecule has 0 fully saturated rings. The Morgan fingerprint density at radius 2 is 1.04 bits per heavy atom. The number of hydrogen-bond acceptors (Lipinski definition) is 2. The molecule has 4 heteroatoms. The molecule has 0 N–H and O–H groups in total. The second-order valence-corrected chi connectivity index (χ2v) is 14.1. The van der Waals surface area contributed by atoms with E-state index in [-0.39, 0.29) is 18.0 Å². The van der Waals surface area contributed by atoms with Crippen molar-refractivity contribution in [1.29, 1.82) is 0 Å². The van der Waals surface area contributed by atoms with E-state index in [1.165, 1.54) is 15.9 Å². The van der Waals surface area contributed by atoms with Crippen molar-refractivity contribution in [2.45, 2.75) is 12.1 Å². The highest BCUT2D eigenvalue weighted by Crippen LogP contribution is 2.45. The van der Waals surface area contributed by atoms with Crippen molar-refractivity contribution in [3.8, 4) is 0 Å². The van der Waals surface area contributed by atoms with Crippen molar-refractivity contribution in [1.82, 2.24) is 4.90 Å². The van der Waals surface area contributed by atoms with Crippen LogP contribution in [0, 0.1) is 0 Å². The molecule has 0 spiro atoms. The second-order valence-electron chi connectivity index (χ2n) is 11.9. The molecule has 3 nitrogen and oxygen atoms in total. The van der Waals surface area contributed by atoms with Gasteiger partial charge in [-0.05, 0) is 57.9 Å². The normalized spacial score (nSPS) is 15.9. The highest BCUT2D eigenvalue weighted by Gasteiger charge is 2.43. The molecular formula is C44H33N2OP. The molecule has 0 saturated carbocycles. The van der Waals surface area contributed by atoms with E-state index >= 15 is 4.79 Å². The Labute approximate surface area is 282 Å². The maximum Gasteiger partial charge on any atom is 0.260 e. The number of fused-ring (bicyclic) bond motifs is 1. The van der Waals surface area contributed by atoms with Crippen LogP contribution in [-0.2, 0) is 0 Å². The van der Waals surface area contributed by atoms with Gasteiger partial charge < -0.3 is 0 Å². The average molecular weight is 637 g/mol. The number of hydrogen-bond donors (Lipinski definition) is 0. The maximum absolute atomic E-state index is 15.1. The molecular weight excluding hydrogens is 603 g/mol. The van der Waals surface area contributed by atoms with Crippen molar-refractivity contribution in [3.63, 3.8) is 0 Å². The van der Waals surface area contributed by atoms with Crippen molar-refractivity contribution in [2.75, 3.05) is 0 Å². The summed E-state index contributed by atoms with van der Waals surface area (Å²) in [5.41, 5.74) is 3.74. The Hall–Kier alpha value is -5.63. The first-order valence-corrected chi connectivity index (χ1v) is 17.6. The van der Waals surface area contributed by atoms with Crippen molar-refractivity contribution < 1.29 is 4.79 Å². The Bertz CT molecular complexity index is 2180. The van der Waals surface area contributed by atoms with Gasteiger partial charge in [-0.1, -0.05) is 176 Å². The van der Waals surface area contributed by atoms with Crippen LogP contribution in [0.25, 0.3) is 10.8 Å². The van der Waals surface area contributed by atoms with E-state index in [0.29, 0.717) is 11.4 Å². The minimum absolute atomic E-state index is 0.0645. The zero-order chi connectivity index (χ0) is 32.3. The highest BCUT2D eigenvalue weighted by atomic mass is 31.1. The molecule has 230 valence electrons. The van der Waals surface area contributed by atoms with Gasteiger partial charge in [0.15, 0.2) is 0 Å². The van der Waals surface area contributed by atoms with Crippen LogP contribution in [0.1, 0.15) is 39.1 Å². The maximum atomic E-state index is 15.1. The fraction of sp³-hybridized carbons (Fsp3) is 0.0455. The second kappa shape index (κ2) is 13.2. The Morgan fingerprint density at radius 3 is 1.69 bits per heavy atom. The molecule has 7 aromatic rings. The summed E-state index contributed by atoms with van der Waals surface area (Å²) in [5.74, 6) is 0.635. The summed E-state index contributed by atoms with van der Waals surface area (Å²) < 4.78 is 0. The summed E-state index contributed by atoms with van der Waals surface area (Å²) in [7, 11) is -0.955. The van der Waals surface area contributed by atoms with E-state index in [2.05, 4.69) is 133 Å². The van der Waals surface area contributed by atoms with Crippen LogP contribution in [0.4, 0.5) is 0 Å². The molecule has 0 aromatic heterocycles. The Balaban J connectivity index is 1.36. The van der Waals surface area contributed by atoms with Gasteiger partial charge in [-0.25, -0.2) is 0 Å². The van der Waals surface area contributed by atoms with Crippen molar-refractivity contribution >= 4 is 46.4 Å². The van der Waals surface area contributed by atoms with Gasteiger partial charge in [-0.3, -0.25) is 14.7 Å². The largest absolute Gasteiger partial charge is 0.282 e. The van der Waals surface area contributed by atoms with E-state index in [0.717, 1.165) is 27.5 Å². The third-order valence-electron chi connectivity index (χ3n) is 8.98. The molecule has 2 atom stereocenters. The molecule has 48 heavy (non-hydrogen) atoms. The zero-order valence-corrected chi connectivity index (χ0v) is 27.2. The van der Waals surface area contributed by atoms with Gasteiger partial charge in [0.1, 0.15) is 11.9 Å². The van der Waals surface area contributed by atoms with Gasteiger partial charge in [0.25, 0.3) is 5.91 Å². The molecule has 7 aromatic carbocycles. The quantitative estimate of drug-likeness (QED) is 0.161. The molecule has 1 heterocycles. The summed E-state index contributed by atoms with van der Waals surface area (Å²) in [6, 6.07) is 64.2. The number of amides is 1. The van der Waals surface area contributed by atoms with Crippen molar-refractivity contribution in [3.05, 3.63) is 210 Å².